The lowest BCUT2D eigenvalue weighted by Gasteiger charge is -2.27. The lowest BCUT2D eigenvalue weighted by Crippen LogP contribution is -2.39. The summed E-state index contributed by atoms with van der Waals surface area (Å²) in [6.45, 7) is 8.77. The van der Waals surface area contributed by atoms with Crippen LogP contribution in [0, 0.1) is 5.92 Å². The van der Waals surface area contributed by atoms with E-state index < -0.39 is 0 Å². The van der Waals surface area contributed by atoms with Gasteiger partial charge in [0.15, 0.2) is 0 Å². The molecule has 0 spiro atoms. The first kappa shape index (κ1) is 17.2. The minimum absolute atomic E-state index is 0.165. The predicted octanol–water partition coefficient (Wildman–Crippen LogP) is 3.56. The van der Waals surface area contributed by atoms with Crippen LogP contribution >= 0.6 is 0 Å². The van der Waals surface area contributed by atoms with E-state index in [1.807, 2.05) is 49.1 Å². The van der Waals surface area contributed by atoms with Crippen molar-refractivity contribution in [2.24, 2.45) is 5.92 Å². The van der Waals surface area contributed by atoms with Gasteiger partial charge in [-0.05, 0) is 19.8 Å². The molecule has 1 aromatic heterocycles. The van der Waals surface area contributed by atoms with E-state index in [0.29, 0.717) is 37.0 Å². The Morgan fingerprint density at radius 1 is 1.17 bits per heavy atom. The van der Waals surface area contributed by atoms with Gasteiger partial charge in [-0.15, -0.1) is 0 Å². The van der Waals surface area contributed by atoms with Crippen LogP contribution in [-0.2, 0) is 11.2 Å². The quantitative estimate of drug-likeness (QED) is 0.784. The third-order valence-corrected chi connectivity index (χ3v) is 3.59. The Labute approximate surface area is 137 Å². The van der Waals surface area contributed by atoms with Crippen molar-refractivity contribution in [1.29, 1.82) is 0 Å². The van der Waals surface area contributed by atoms with Crippen LogP contribution in [0.25, 0.3) is 11.4 Å². The molecular weight excluding hydrogens is 290 g/mol. The third-order valence-electron chi connectivity index (χ3n) is 3.59. The molecule has 5 heteroatoms. The zero-order chi connectivity index (χ0) is 16.8. The Hall–Kier alpha value is -2.17. The van der Waals surface area contributed by atoms with Gasteiger partial charge in [0.05, 0.1) is 0 Å². The first-order valence-electron chi connectivity index (χ1n) is 8.15. The molecule has 0 unspecified atom stereocenters. The van der Waals surface area contributed by atoms with Crippen molar-refractivity contribution < 1.29 is 9.32 Å². The van der Waals surface area contributed by atoms with Gasteiger partial charge in [0.25, 0.3) is 0 Å². The molecule has 1 amide bonds. The van der Waals surface area contributed by atoms with E-state index in [0.717, 1.165) is 5.56 Å². The van der Waals surface area contributed by atoms with Crippen molar-refractivity contribution in [2.45, 2.75) is 46.6 Å². The second kappa shape index (κ2) is 7.90. The molecule has 1 aromatic carbocycles. The van der Waals surface area contributed by atoms with Crippen molar-refractivity contribution in [2.75, 3.05) is 6.54 Å². The summed E-state index contributed by atoms with van der Waals surface area (Å²) in [5.41, 5.74) is 0.930. The van der Waals surface area contributed by atoms with Crippen molar-refractivity contribution in [3.63, 3.8) is 0 Å². The first-order chi connectivity index (χ1) is 11.0. The Morgan fingerprint density at radius 3 is 2.48 bits per heavy atom. The minimum atomic E-state index is 0.165. The summed E-state index contributed by atoms with van der Waals surface area (Å²) in [5, 5.41) is 4.01. The highest BCUT2D eigenvalue weighted by atomic mass is 16.5. The van der Waals surface area contributed by atoms with Crippen molar-refractivity contribution >= 4 is 5.91 Å². The van der Waals surface area contributed by atoms with E-state index in [2.05, 4.69) is 24.0 Å². The van der Waals surface area contributed by atoms with Gasteiger partial charge < -0.3 is 9.42 Å². The molecule has 0 aliphatic carbocycles. The van der Waals surface area contributed by atoms with Crippen molar-refractivity contribution in [3.05, 3.63) is 36.2 Å². The molecule has 0 aliphatic rings. The summed E-state index contributed by atoms with van der Waals surface area (Å²) in [5.74, 6) is 1.69. The van der Waals surface area contributed by atoms with E-state index in [1.54, 1.807) is 0 Å². The maximum Gasteiger partial charge on any atom is 0.228 e. The molecular formula is C18H25N3O2. The predicted molar refractivity (Wildman–Crippen MR) is 89.7 cm³/mol. The third kappa shape index (κ3) is 4.91. The zero-order valence-corrected chi connectivity index (χ0v) is 14.3. The number of nitrogens with zero attached hydrogens (tertiary/aromatic N) is 3. The second-order valence-electron chi connectivity index (χ2n) is 6.41. The molecule has 5 nitrogen and oxygen atoms in total. The highest BCUT2D eigenvalue weighted by molar-refractivity contribution is 5.76. The SMILES string of the molecule is CC(C)CC(=O)N(CCc1nc(-c2ccccc2)no1)C(C)C. The molecule has 0 N–H and O–H groups in total. The van der Waals surface area contributed by atoms with Crippen LogP contribution in [-0.4, -0.2) is 33.5 Å². The van der Waals surface area contributed by atoms with E-state index in [9.17, 15) is 4.79 Å². The average molecular weight is 315 g/mol. The Balaban J connectivity index is 1.99. The van der Waals surface area contributed by atoms with Crippen molar-refractivity contribution in [1.82, 2.24) is 15.0 Å². The highest BCUT2D eigenvalue weighted by Gasteiger charge is 2.19. The van der Waals surface area contributed by atoms with Gasteiger partial charge in [-0.2, -0.15) is 4.98 Å². The first-order valence-corrected chi connectivity index (χ1v) is 8.15. The summed E-state index contributed by atoms with van der Waals surface area (Å²) < 4.78 is 5.31. The maximum atomic E-state index is 12.3. The van der Waals surface area contributed by atoms with Crippen molar-refractivity contribution in [3.8, 4) is 11.4 Å². The summed E-state index contributed by atoms with van der Waals surface area (Å²) in [6, 6.07) is 9.89. The van der Waals surface area contributed by atoms with Crippen LogP contribution in [0.4, 0.5) is 0 Å². The van der Waals surface area contributed by atoms with E-state index in [1.165, 1.54) is 0 Å². The van der Waals surface area contributed by atoms with Gasteiger partial charge in [0.2, 0.25) is 17.6 Å². The van der Waals surface area contributed by atoms with Gasteiger partial charge in [-0.25, -0.2) is 0 Å². The topological polar surface area (TPSA) is 59.2 Å². The van der Waals surface area contributed by atoms with Gasteiger partial charge in [-0.3, -0.25) is 4.79 Å². The summed E-state index contributed by atoms with van der Waals surface area (Å²) in [6.07, 6.45) is 1.14. The van der Waals surface area contributed by atoms with Gasteiger partial charge in [0, 0.05) is 31.0 Å². The number of rotatable bonds is 7. The Morgan fingerprint density at radius 2 is 1.87 bits per heavy atom. The number of aromatic nitrogens is 2. The Kier molecular flexibility index (Phi) is 5.90. The van der Waals surface area contributed by atoms with Gasteiger partial charge >= 0.3 is 0 Å². The minimum Gasteiger partial charge on any atom is -0.340 e. The van der Waals surface area contributed by atoms with Gasteiger partial charge in [0.1, 0.15) is 0 Å². The largest absolute Gasteiger partial charge is 0.340 e. The fourth-order valence-electron chi connectivity index (χ4n) is 2.41. The smallest absolute Gasteiger partial charge is 0.228 e. The van der Waals surface area contributed by atoms with E-state index >= 15 is 0 Å². The fraction of sp³-hybridized carbons (Fsp3) is 0.500. The second-order valence-corrected chi connectivity index (χ2v) is 6.41. The van der Waals surface area contributed by atoms with Crippen LogP contribution in [0.15, 0.2) is 34.9 Å². The number of hydrogen-bond acceptors (Lipinski definition) is 4. The highest BCUT2D eigenvalue weighted by Crippen LogP contribution is 2.15. The lowest BCUT2D eigenvalue weighted by atomic mass is 10.1. The molecule has 124 valence electrons. The molecule has 2 rings (SSSR count). The fourth-order valence-corrected chi connectivity index (χ4v) is 2.41. The number of carbonyl (C=O) groups is 1. The maximum absolute atomic E-state index is 12.3. The number of hydrogen-bond donors (Lipinski definition) is 0. The van der Waals surface area contributed by atoms with Gasteiger partial charge in [-0.1, -0.05) is 49.3 Å². The summed E-state index contributed by atoms with van der Waals surface area (Å²) >= 11 is 0. The molecule has 0 aliphatic heterocycles. The van der Waals surface area contributed by atoms with Crippen LogP contribution in [0.5, 0.6) is 0 Å². The molecule has 0 atom stereocenters. The molecule has 0 radical (unpaired) electrons. The number of benzene rings is 1. The van der Waals surface area contributed by atoms with Crippen LogP contribution < -0.4 is 0 Å². The van der Waals surface area contributed by atoms with Crippen LogP contribution in [0.2, 0.25) is 0 Å². The number of amides is 1. The number of carbonyl (C=O) groups excluding carboxylic acids is 1. The summed E-state index contributed by atoms with van der Waals surface area (Å²) in [4.78, 5) is 18.6. The molecule has 1 heterocycles. The molecule has 0 saturated heterocycles. The lowest BCUT2D eigenvalue weighted by molar-refractivity contribution is -0.133. The average Bonchev–Trinajstić information content (AvgIpc) is 2.96. The van der Waals surface area contributed by atoms with E-state index in [-0.39, 0.29) is 11.9 Å². The monoisotopic (exact) mass is 315 g/mol. The van der Waals surface area contributed by atoms with Crippen LogP contribution in [0.3, 0.4) is 0 Å². The Bertz CT molecular complexity index is 620. The molecule has 23 heavy (non-hydrogen) atoms. The normalized spacial score (nSPS) is 11.2. The standard InChI is InChI=1S/C18H25N3O2/c1-13(2)12-17(22)21(14(3)4)11-10-16-19-18(20-23-16)15-8-6-5-7-9-15/h5-9,13-14H,10-12H2,1-4H3. The molecule has 0 fully saturated rings. The van der Waals surface area contributed by atoms with Crippen LogP contribution in [0.1, 0.15) is 40.0 Å². The summed E-state index contributed by atoms with van der Waals surface area (Å²) in [7, 11) is 0. The molecule has 2 aromatic rings. The molecule has 0 saturated carbocycles. The zero-order valence-electron chi connectivity index (χ0n) is 14.3. The molecule has 0 bridgehead atoms. The van der Waals surface area contributed by atoms with E-state index in [4.69, 9.17) is 4.52 Å².